The van der Waals surface area contributed by atoms with Gasteiger partial charge >= 0.3 is 6.09 Å². The van der Waals surface area contributed by atoms with E-state index in [2.05, 4.69) is 27.4 Å². The van der Waals surface area contributed by atoms with Crippen molar-refractivity contribution >= 4 is 6.09 Å². The maximum absolute atomic E-state index is 12.2. The number of pyridine rings is 2. The average Bonchev–Trinajstić information content (AvgIpc) is 2.62. The van der Waals surface area contributed by atoms with E-state index in [1.54, 1.807) is 12.4 Å². The molecule has 0 fully saturated rings. The number of nitrogens with zero attached hydrogens (tertiary/aromatic N) is 2. The third-order valence-electron chi connectivity index (χ3n) is 4.20. The van der Waals surface area contributed by atoms with E-state index in [0.29, 0.717) is 0 Å². The molecule has 0 unspecified atom stereocenters. The van der Waals surface area contributed by atoms with Gasteiger partial charge in [0.1, 0.15) is 5.60 Å². The maximum atomic E-state index is 12.2. The first-order valence-corrected chi connectivity index (χ1v) is 9.70. The van der Waals surface area contributed by atoms with E-state index in [4.69, 9.17) is 4.74 Å². The van der Waals surface area contributed by atoms with Gasteiger partial charge in [-0.15, -0.1) is 0 Å². The van der Waals surface area contributed by atoms with E-state index in [0.717, 1.165) is 38.5 Å². The van der Waals surface area contributed by atoms with Crippen molar-refractivity contribution in [2.45, 2.75) is 70.9 Å². The first-order chi connectivity index (χ1) is 12.9. The standard InChI is InChI=1S/C22H31N3O2/c1-22(2,3)27-21(26)25-20(12-4-8-18-10-6-14-23-16-18)13-5-9-19-11-7-15-24-17-19/h6-7,10-11,14-17,20H,4-5,8-9,12-13H2,1-3H3,(H,25,26). The number of hydrogen-bond donors (Lipinski definition) is 1. The highest BCUT2D eigenvalue weighted by molar-refractivity contribution is 5.68. The molecule has 0 spiro atoms. The lowest BCUT2D eigenvalue weighted by Crippen LogP contribution is -2.39. The first kappa shape index (κ1) is 20.9. The van der Waals surface area contributed by atoms with Crippen LogP contribution in [0.4, 0.5) is 4.79 Å². The van der Waals surface area contributed by atoms with Crippen LogP contribution in [0, 0.1) is 0 Å². The highest BCUT2D eigenvalue weighted by atomic mass is 16.6. The van der Waals surface area contributed by atoms with Crippen LogP contribution >= 0.6 is 0 Å². The second-order valence-electron chi connectivity index (χ2n) is 7.85. The number of hydrogen-bond acceptors (Lipinski definition) is 4. The lowest BCUT2D eigenvalue weighted by atomic mass is 10.00. The summed E-state index contributed by atoms with van der Waals surface area (Å²) in [4.78, 5) is 20.5. The Bertz CT molecular complexity index is 623. The van der Waals surface area contributed by atoms with Crippen molar-refractivity contribution in [2.75, 3.05) is 0 Å². The summed E-state index contributed by atoms with van der Waals surface area (Å²) in [6, 6.07) is 8.20. The Balaban J connectivity index is 1.83. The number of rotatable bonds is 9. The Hall–Kier alpha value is -2.43. The third kappa shape index (κ3) is 9.18. The van der Waals surface area contributed by atoms with Crippen LogP contribution in [0.1, 0.15) is 57.6 Å². The summed E-state index contributed by atoms with van der Waals surface area (Å²) in [5.41, 5.74) is 1.97. The van der Waals surface area contributed by atoms with Gasteiger partial charge in [0.25, 0.3) is 0 Å². The van der Waals surface area contributed by atoms with E-state index >= 15 is 0 Å². The monoisotopic (exact) mass is 369 g/mol. The van der Waals surface area contributed by atoms with Crippen molar-refractivity contribution in [2.24, 2.45) is 0 Å². The van der Waals surface area contributed by atoms with Crippen molar-refractivity contribution in [3.8, 4) is 0 Å². The number of ether oxygens (including phenoxy) is 1. The van der Waals surface area contributed by atoms with Crippen molar-refractivity contribution in [1.82, 2.24) is 15.3 Å². The summed E-state index contributed by atoms with van der Waals surface area (Å²) in [5.74, 6) is 0. The zero-order valence-corrected chi connectivity index (χ0v) is 16.6. The number of alkyl carbamates (subject to hydrolysis) is 1. The summed E-state index contributed by atoms with van der Waals surface area (Å²) in [7, 11) is 0. The van der Waals surface area contributed by atoms with Gasteiger partial charge in [0.05, 0.1) is 0 Å². The molecule has 0 saturated carbocycles. The zero-order chi connectivity index (χ0) is 19.5. The largest absolute Gasteiger partial charge is 0.444 e. The molecule has 0 bridgehead atoms. The smallest absolute Gasteiger partial charge is 0.407 e. The molecule has 0 aliphatic rings. The number of nitrogens with one attached hydrogen (secondary N) is 1. The molecule has 5 nitrogen and oxygen atoms in total. The van der Waals surface area contributed by atoms with E-state index in [1.165, 1.54) is 11.1 Å². The molecular formula is C22H31N3O2. The molecule has 5 heteroatoms. The van der Waals surface area contributed by atoms with E-state index < -0.39 is 5.60 Å². The highest BCUT2D eigenvalue weighted by Crippen LogP contribution is 2.13. The molecule has 2 heterocycles. The van der Waals surface area contributed by atoms with Gasteiger partial charge in [0, 0.05) is 30.8 Å². The van der Waals surface area contributed by atoms with Crippen molar-refractivity contribution in [3.05, 3.63) is 60.2 Å². The second-order valence-corrected chi connectivity index (χ2v) is 7.85. The normalized spacial score (nSPS) is 11.4. The summed E-state index contributed by atoms with van der Waals surface area (Å²) in [6.45, 7) is 5.64. The van der Waals surface area contributed by atoms with Gasteiger partial charge in [-0.2, -0.15) is 0 Å². The lowest BCUT2D eigenvalue weighted by molar-refractivity contribution is 0.0498. The minimum atomic E-state index is -0.486. The van der Waals surface area contributed by atoms with Crippen molar-refractivity contribution in [1.29, 1.82) is 0 Å². The predicted molar refractivity (Wildman–Crippen MR) is 108 cm³/mol. The van der Waals surface area contributed by atoms with E-state index in [-0.39, 0.29) is 12.1 Å². The molecule has 2 aromatic rings. The molecule has 1 N–H and O–H groups in total. The number of aryl methyl sites for hydroxylation is 2. The summed E-state index contributed by atoms with van der Waals surface area (Å²) >= 11 is 0. The van der Waals surface area contributed by atoms with Crippen LogP contribution in [-0.2, 0) is 17.6 Å². The molecule has 0 atom stereocenters. The minimum Gasteiger partial charge on any atom is -0.444 e. The Kier molecular flexibility index (Phi) is 8.24. The molecular weight excluding hydrogens is 338 g/mol. The Morgan fingerprint density at radius 3 is 1.93 bits per heavy atom. The van der Waals surface area contributed by atoms with Crippen LogP contribution in [0.25, 0.3) is 0 Å². The quantitative estimate of drug-likeness (QED) is 0.695. The molecule has 0 aromatic carbocycles. The number of carbonyl (C=O) groups is 1. The van der Waals surface area contributed by atoms with Gasteiger partial charge in [-0.1, -0.05) is 12.1 Å². The SMILES string of the molecule is CC(C)(C)OC(=O)NC(CCCc1cccnc1)CCCc1cccnc1. The fraction of sp³-hybridized carbons (Fsp3) is 0.500. The maximum Gasteiger partial charge on any atom is 0.407 e. The molecule has 27 heavy (non-hydrogen) atoms. The molecule has 1 amide bonds. The van der Waals surface area contributed by atoms with Gasteiger partial charge in [-0.3, -0.25) is 9.97 Å². The second kappa shape index (κ2) is 10.7. The number of aromatic nitrogens is 2. The highest BCUT2D eigenvalue weighted by Gasteiger charge is 2.19. The molecule has 2 aromatic heterocycles. The van der Waals surface area contributed by atoms with Crippen molar-refractivity contribution < 1.29 is 9.53 Å². The Labute approximate surface area is 162 Å². The molecule has 0 saturated heterocycles. The molecule has 0 aliphatic heterocycles. The van der Waals surface area contributed by atoms with E-state index in [1.807, 2.05) is 45.3 Å². The van der Waals surface area contributed by atoms with Gasteiger partial charge in [-0.25, -0.2) is 4.79 Å². The summed E-state index contributed by atoms with van der Waals surface area (Å²) in [5, 5.41) is 3.05. The molecule has 0 aliphatic carbocycles. The topological polar surface area (TPSA) is 64.1 Å². The Morgan fingerprint density at radius 1 is 1.00 bits per heavy atom. The number of carbonyl (C=O) groups excluding carboxylic acids is 1. The van der Waals surface area contributed by atoms with Gasteiger partial charge in [0.2, 0.25) is 0 Å². The fourth-order valence-electron chi connectivity index (χ4n) is 2.96. The predicted octanol–water partition coefficient (Wildman–Crippen LogP) is 4.72. The summed E-state index contributed by atoms with van der Waals surface area (Å²) in [6.07, 6.45) is 12.8. The first-order valence-electron chi connectivity index (χ1n) is 9.70. The lowest BCUT2D eigenvalue weighted by Gasteiger charge is -2.24. The van der Waals surface area contributed by atoms with Crippen LogP contribution in [-0.4, -0.2) is 27.7 Å². The van der Waals surface area contributed by atoms with Crippen LogP contribution in [0.15, 0.2) is 49.1 Å². The van der Waals surface area contributed by atoms with Gasteiger partial charge in [0.15, 0.2) is 0 Å². The minimum absolute atomic E-state index is 0.105. The summed E-state index contributed by atoms with van der Waals surface area (Å²) < 4.78 is 5.43. The Morgan fingerprint density at radius 2 is 1.52 bits per heavy atom. The van der Waals surface area contributed by atoms with Gasteiger partial charge in [-0.05, 0) is 82.6 Å². The van der Waals surface area contributed by atoms with E-state index in [9.17, 15) is 4.79 Å². The molecule has 146 valence electrons. The van der Waals surface area contributed by atoms with Crippen LogP contribution in [0.2, 0.25) is 0 Å². The van der Waals surface area contributed by atoms with Gasteiger partial charge < -0.3 is 10.1 Å². The van der Waals surface area contributed by atoms with Crippen LogP contribution in [0.5, 0.6) is 0 Å². The van der Waals surface area contributed by atoms with Crippen molar-refractivity contribution in [3.63, 3.8) is 0 Å². The molecule has 0 radical (unpaired) electrons. The fourth-order valence-corrected chi connectivity index (χ4v) is 2.96. The number of amides is 1. The van der Waals surface area contributed by atoms with Crippen LogP contribution < -0.4 is 5.32 Å². The zero-order valence-electron chi connectivity index (χ0n) is 16.6. The molecule has 2 rings (SSSR count). The van der Waals surface area contributed by atoms with Crippen LogP contribution in [0.3, 0.4) is 0 Å². The third-order valence-corrected chi connectivity index (χ3v) is 4.20. The average molecular weight is 370 g/mol.